The minimum atomic E-state index is -0.960. The van der Waals surface area contributed by atoms with Gasteiger partial charge in [0.25, 0.3) is 0 Å². The first kappa shape index (κ1) is 27.8. The standard InChI is InChI=1S/C34H40N6O3/c1-22(23-7-3-2-4-8-23)43-28-12-6-10-25(18-28)24-9-5-11-27(17-24)40-33(31(20-36-40)34(41)42)30-19-29(30)32-21-39(38-37-32)26-13-15-35-16-14-26/h5-6,9-12,17-18,20-23,26,29-30,35H,2-4,7-8,13-16,19H2,1H3,(H,41,42)/t22-,29+,30?/m0/s1. The molecule has 2 aliphatic carbocycles. The first-order valence-corrected chi connectivity index (χ1v) is 15.9. The van der Waals surface area contributed by atoms with Gasteiger partial charge in [-0.25, -0.2) is 14.2 Å². The zero-order valence-corrected chi connectivity index (χ0v) is 24.7. The summed E-state index contributed by atoms with van der Waals surface area (Å²) in [6.07, 6.45) is 13.1. The Morgan fingerprint density at radius 3 is 2.56 bits per heavy atom. The van der Waals surface area contributed by atoms with E-state index in [1.54, 1.807) is 4.68 Å². The Bertz CT molecular complexity index is 1580. The Morgan fingerprint density at radius 1 is 1.00 bits per heavy atom. The van der Waals surface area contributed by atoms with Gasteiger partial charge in [-0.1, -0.05) is 48.7 Å². The van der Waals surface area contributed by atoms with E-state index in [2.05, 4.69) is 58.1 Å². The molecule has 43 heavy (non-hydrogen) atoms. The van der Waals surface area contributed by atoms with E-state index < -0.39 is 5.97 Å². The maximum atomic E-state index is 12.3. The second-order valence-corrected chi connectivity index (χ2v) is 12.5. The van der Waals surface area contributed by atoms with Gasteiger partial charge in [0.1, 0.15) is 11.3 Å². The fourth-order valence-electron chi connectivity index (χ4n) is 7.10. The van der Waals surface area contributed by atoms with Gasteiger partial charge in [-0.3, -0.25) is 0 Å². The van der Waals surface area contributed by atoms with Crippen molar-refractivity contribution in [2.45, 2.75) is 82.3 Å². The van der Waals surface area contributed by atoms with Gasteiger partial charge in [0.05, 0.1) is 35.4 Å². The highest BCUT2D eigenvalue weighted by atomic mass is 16.5. The van der Waals surface area contributed by atoms with Gasteiger partial charge in [-0.15, -0.1) is 5.10 Å². The van der Waals surface area contributed by atoms with E-state index in [-0.39, 0.29) is 23.5 Å². The number of hydrogen-bond acceptors (Lipinski definition) is 6. The number of nitrogens with zero attached hydrogens (tertiary/aromatic N) is 5. The van der Waals surface area contributed by atoms with E-state index in [0.29, 0.717) is 12.0 Å². The highest BCUT2D eigenvalue weighted by Gasteiger charge is 2.46. The summed E-state index contributed by atoms with van der Waals surface area (Å²) in [6, 6.07) is 16.8. The number of ether oxygens (including phenoxy) is 1. The van der Waals surface area contributed by atoms with Crippen molar-refractivity contribution < 1.29 is 14.6 Å². The summed E-state index contributed by atoms with van der Waals surface area (Å²) >= 11 is 0. The number of benzene rings is 2. The molecule has 0 radical (unpaired) electrons. The second-order valence-electron chi connectivity index (χ2n) is 12.5. The lowest BCUT2D eigenvalue weighted by Gasteiger charge is -2.28. The Morgan fingerprint density at radius 2 is 1.77 bits per heavy atom. The maximum Gasteiger partial charge on any atom is 0.339 e. The van der Waals surface area contributed by atoms with Crippen LogP contribution in [-0.2, 0) is 0 Å². The summed E-state index contributed by atoms with van der Waals surface area (Å²) in [5, 5.41) is 27.0. The molecule has 3 aliphatic rings. The normalized spacial score (nSPS) is 21.9. The van der Waals surface area contributed by atoms with Crippen LogP contribution in [0.2, 0.25) is 0 Å². The van der Waals surface area contributed by atoms with Crippen LogP contribution in [-0.4, -0.2) is 55.0 Å². The molecule has 2 aromatic heterocycles. The van der Waals surface area contributed by atoms with Crippen LogP contribution in [0.1, 0.15) is 97.9 Å². The molecule has 2 saturated carbocycles. The molecule has 2 N–H and O–H groups in total. The molecule has 3 atom stereocenters. The maximum absolute atomic E-state index is 12.3. The predicted octanol–water partition coefficient (Wildman–Crippen LogP) is 6.37. The van der Waals surface area contributed by atoms with Crippen LogP contribution in [0.4, 0.5) is 0 Å². The lowest BCUT2D eigenvalue weighted by Crippen LogP contribution is -2.29. The summed E-state index contributed by atoms with van der Waals surface area (Å²) in [5.74, 6) is 0.689. The molecule has 1 saturated heterocycles. The number of carbonyl (C=O) groups is 1. The summed E-state index contributed by atoms with van der Waals surface area (Å²) in [7, 11) is 0. The molecule has 1 aliphatic heterocycles. The topological polar surface area (TPSA) is 107 Å². The van der Waals surface area contributed by atoms with Crippen LogP contribution in [0.25, 0.3) is 16.8 Å². The minimum absolute atomic E-state index is 0.0217. The monoisotopic (exact) mass is 580 g/mol. The van der Waals surface area contributed by atoms with Crippen LogP contribution in [0.15, 0.2) is 60.9 Å². The quantitative estimate of drug-likeness (QED) is 0.237. The molecular weight excluding hydrogens is 540 g/mol. The third kappa shape index (κ3) is 5.83. The van der Waals surface area contributed by atoms with Crippen molar-refractivity contribution in [3.05, 3.63) is 77.9 Å². The van der Waals surface area contributed by atoms with Gasteiger partial charge in [-0.05, 0) is 93.4 Å². The van der Waals surface area contributed by atoms with Crippen molar-refractivity contribution in [3.8, 4) is 22.6 Å². The lowest BCUT2D eigenvalue weighted by molar-refractivity contribution is 0.0695. The number of aromatic nitrogens is 5. The van der Waals surface area contributed by atoms with E-state index in [4.69, 9.17) is 4.74 Å². The van der Waals surface area contributed by atoms with Crippen LogP contribution in [0.5, 0.6) is 5.75 Å². The molecule has 3 fully saturated rings. The lowest BCUT2D eigenvalue weighted by atomic mass is 9.86. The Labute approximate surface area is 252 Å². The van der Waals surface area contributed by atoms with E-state index in [9.17, 15) is 9.90 Å². The van der Waals surface area contributed by atoms with Crippen LogP contribution >= 0.6 is 0 Å². The fourth-order valence-corrected chi connectivity index (χ4v) is 7.10. The average molecular weight is 581 g/mol. The molecule has 0 amide bonds. The molecule has 9 nitrogen and oxygen atoms in total. The molecule has 0 bridgehead atoms. The van der Waals surface area contributed by atoms with Gasteiger partial charge in [0.2, 0.25) is 0 Å². The fraction of sp³-hybridized carbons (Fsp3) is 0.471. The number of hydrogen-bond donors (Lipinski definition) is 2. The molecule has 9 heteroatoms. The Hall–Kier alpha value is -3.98. The summed E-state index contributed by atoms with van der Waals surface area (Å²) < 4.78 is 10.2. The van der Waals surface area contributed by atoms with Gasteiger partial charge in [0, 0.05) is 18.0 Å². The Kier molecular flexibility index (Phi) is 7.74. The zero-order valence-electron chi connectivity index (χ0n) is 24.7. The van der Waals surface area contributed by atoms with E-state index in [1.165, 1.54) is 38.3 Å². The summed E-state index contributed by atoms with van der Waals surface area (Å²) in [4.78, 5) is 12.3. The van der Waals surface area contributed by atoms with Crippen molar-refractivity contribution in [1.82, 2.24) is 30.1 Å². The predicted molar refractivity (Wildman–Crippen MR) is 164 cm³/mol. The van der Waals surface area contributed by atoms with Crippen LogP contribution in [0, 0.1) is 5.92 Å². The molecule has 1 unspecified atom stereocenters. The minimum Gasteiger partial charge on any atom is -0.490 e. The van der Waals surface area contributed by atoms with E-state index >= 15 is 0 Å². The zero-order chi connectivity index (χ0) is 29.3. The summed E-state index contributed by atoms with van der Waals surface area (Å²) in [5.41, 5.74) is 4.83. The molecule has 3 heterocycles. The number of piperidine rings is 1. The van der Waals surface area contributed by atoms with Crippen LogP contribution in [0.3, 0.4) is 0 Å². The van der Waals surface area contributed by atoms with Crippen molar-refractivity contribution in [1.29, 1.82) is 0 Å². The van der Waals surface area contributed by atoms with Crippen molar-refractivity contribution in [2.75, 3.05) is 13.1 Å². The highest BCUT2D eigenvalue weighted by molar-refractivity contribution is 5.89. The molecule has 2 aromatic carbocycles. The number of rotatable bonds is 9. The van der Waals surface area contributed by atoms with Crippen molar-refractivity contribution >= 4 is 5.97 Å². The second kappa shape index (κ2) is 12.0. The Balaban J connectivity index is 1.13. The van der Waals surface area contributed by atoms with Gasteiger partial charge < -0.3 is 15.2 Å². The highest BCUT2D eigenvalue weighted by Crippen LogP contribution is 2.55. The smallest absolute Gasteiger partial charge is 0.339 e. The molecular formula is C34H40N6O3. The van der Waals surface area contributed by atoms with Gasteiger partial charge in [-0.2, -0.15) is 5.10 Å². The van der Waals surface area contributed by atoms with Crippen molar-refractivity contribution in [2.24, 2.45) is 5.92 Å². The first-order chi connectivity index (χ1) is 21.0. The van der Waals surface area contributed by atoms with Crippen LogP contribution < -0.4 is 10.1 Å². The number of nitrogens with one attached hydrogen (secondary N) is 1. The van der Waals surface area contributed by atoms with E-state index in [1.807, 2.05) is 28.9 Å². The molecule has 224 valence electrons. The SMILES string of the molecule is C[C@H](Oc1cccc(-c2cccc(-n3ncc(C(=O)O)c3C3C[C@H]3c3cn(C4CCNCC4)nn3)c2)c1)C1CCCCC1. The average Bonchev–Trinajstić information content (AvgIpc) is 3.45. The van der Waals surface area contributed by atoms with Gasteiger partial charge in [0.15, 0.2) is 0 Å². The summed E-state index contributed by atoms with van der Waals surface area (Å²) in [6.45, 7) is 4.17. The number of carboxylic acid groups (broad SMARTS) is 1. The molecule has 4 aromatic rings. The van der Waals surface area contributed by atoms with Gasteiger partial charge >= 0.3 is 5.97 Å². The molecule has 7 rings (SSSR count). The third-order valence-electron chi connectivity index (χ3n) is 9.66. The first-order valence-electron chi connectivity index (χ1n) is 15.9. The molecule has 0 spiro atoms. The third-order valence-corrected chi connectivity index (χ3v) is 9.66. The largest absolute Gasteiger partial charge is 0.490 e. The van der Waals surface area contributed by atoms with E-state index in [0.717, 1.165) is 66.3 Å². The van der Waals surface area contributed by atoms with Crippen molar-refractivity contribution in [3.63, 3.8) is 0 Å². The number of carboxylic acids is 1. The number of aromatic carboxylic acids is 1.